The highest BCUT2D eigenvalue weighted by Crippen LogP contribution is 2.33. The van der Waals surface area contributed by atoms with E-state index < -0.39 is 4.32 Å². The first-order valence-electron chi connectivity index (χ1n) is 10.8. The van der Waals surface area contributed by atoms with Crippen LogP contribution in [0.4, 0.5) is 0 Å². The lowest BCUT2D eigenvalue weighted by molar-refractivity contribution is -0.121. The van der Waals surface area contributed by atoms with Gasteiger partial charge in [0.2, 0.25) is 0 Å². The van der Waals surface area contributed by atoms with Gasteiger partial charge in [-0.05, 0) is 64.7 Å². The van der Waals surface area contributed by atoms with E-state index in [4.69, 9.17) is 0 Å². The molecule has 0 aliphatic rings. The largest absolute Gasteiger partial charge is 0.299 e. The number of rotatable bonds is 8. The zero-order valence-corrected chi connectivity index (χ0v) is 23.9. The van der Waals surface area contributed by atoms with Crippen molar-refractivity contribution < 1.29 is 19.2 Å². The molecule has 0 spiro atoms. The van der Waals surface area contributed by atoms with Crippen LogP contribution in [0.15, 0.2) is 72.8 Å². The predicted octanol–water partition coefficient (Wildman–Crippen LogP) is 7.99. The van der Waals surface area contributed by atoms with Gasteiger partial charge in [-0.15, -0.1) is 0 Å². The summed E-state index contributed by atoms with van der Waals surface area (Å²) >= 11 is 6.71. The van der Waals surface area contributed by atoms with Crippen LogP contribution in [0.2, 0.25) is 0 Å². The maximum atomic E-state index is 11.7. The Balaban J connectivity index is 0. The number of halogens is 2. The summed E-state index contributed by atoms with van der Waals surface area (Å²) in [6.45, 7) is 13.1. The van der Waals surface area contributed by atoms with Crippen molar-refractivity contribution in [3.63, 3.8) is 0 Å². The van der Waals surface area contributed by atoms with E-state index in [1.54, 1.807) is 20.8 Å². The highest BCUT2D eigenvalue weighted by Gasteiger charge is 2.32. The van der Waals surface area contributed by atoms with Crippen LogP contribution >= 0.6 is 31.9 Å². The minimum Gasteiger partial charge on any atom is -0.299 e. The van der Waals surface area contributed by atoms with E-state index in [0.717, 1.165) is 11.1 Å². The van der Waals surface area contributed by atoms with Crippen LogP contribution in [-0.4, -0.2) is 27.5 Å². The molecule has 0 radical (unpaired) electrons. The molecular formula is C29H38Br2O4. The maximum absolute atomic E-state index is 11.7. The summed E-state index contributed by atoms with van der Waals surface area (Å²) in [5, 5.41) is 0. The van der Waals surface area contributed by atoms with Crippen molar-refractivity contribution >= 4 is 55.0 Å². The van der Waals surface area contributed by atoms with Gasteiger partial charge in [0.05, 0.1) is 9.15 Å². The molecule has 2 aromatic rings. The third-order valence-corrected chi connectivity index (χ3v) is 7.12. The Morgan fingerprint density at radius 2 is 1.17 bits per heavy atom. The Morgan fingerprint density at radius 3 is 1.46 bits per heavy atom. The monoisotopic (exact) mass is 608 g/mol. The van der Waals surface area contributed by atoms with Crippen molar-refractivity contribution in [2.45, 2.75) is 70.5 Å². The molecule has 3 unspecified atom stereocenters. The van der Waals surface area contributed by atoms with Gasteiger partial charge in [0, 0.05) is 5.92 Å². The number of Topliss-reactive ketones (excluding diaryl/α,β-unsaturated/α-hetero) is 4. The maximum Gasteiger partial charge on any atom is 0.154 e. The summed E-state index contributed by atoms with van der Waals surface area (Å²) in [6.07, 6.45) is 0.488. The number of hydrogen-bond donors (Lipinski definition) is 0. The van der Waals surface area contributed by atoms with Crippen molar-refractivity contribution in [3.8, 4) is 0 Å². The van der Waals surface area contributed by atoms with Gasteiger partial charge in [0.15, 0.2) is 5.78 Å². The van der Waals surface area contributed by atoms with Gasteiger partial charge in [-0.2, -0.15) is 0 Å². The summed E-state index contributed by atoms with van der Waals surface area (Å²) in [7, 11) is 0. The molecule has 2 aromatic carbocycles. The van der Waals surface area contributed by atoms with Crippen molar-refractivity contribution in [1.29, 1.82) is 0 Å². The molecule has 0 bridgehead atoms. The molecule has 0 N–H and O–H groups in total. The first kappa shape index (κ1) is 35.0. The normalized spacial score (nSPS) is 13.0. The minimum atomic E-state index is -0.640. The van der Waals surface area contributed by atoms with Crippen molar-refractivity contribution in [1.82, 2.24) is 0 Å². The second kappa shape index (κ2) is 17.3. The Morgan fingerprint density at radius 1 is 0.800 bits per heavy atom. The second-order valence-corrected chi connectivity index (χ2v) is 10.9. The third kappa shape index (κ3) is 14.1. The average molecular weight is 610 g/mol. The summed E-state index contributed by atoms with van der Waals surface area (Å²) < 4.78 is -0.640. The molecule has 0 aromatic heterocycles. The lowest BCUT2D eigenvalue weighted by Gasteiger charge is -2.24. The van der Waals surface area contributed by atoms with Gasteiger partial charge >= 0.3 is 0 Å². The highest BCUT2D eigenvalue weighted by molar-refractivity contribution is 9.10. The van der Waals surface area contributed by atoms with E-state index in [-0.39, 0.29) is 41.3 Å². The molecule has 2 rings (SSSR count). The number of ketones is 4. The quantitative estimate of drug-likeness (QED) is 0.225. The zero-order valence-electron chi connectivity index (χ0n) is 20.7. The first-order chi connectivity index (χ1) is 15.7. The lowest BCUT2D eigenvalue weighted by Crippen LogP contribution is -2.30. The molecule has 0 aliphatic carbocycles. The van der Waals surface area contributed by atoms with E-state index >= 15 is 0 Å². The van der Waals surface area contributed by atoms with Crippen LogP contribution < -0.4 is 0 Å². The van der Waals surface area contributed by atoms with Crippen molar-refractivity contribution in [2.24, 2.45) is 0 Å². The standard InChI is InChI=1S/C14H17BrO2.C9H9BrO.C5H8O.CH4/c1-10(16)13(9-14(3,15)11(2)17)12-7-5-4-6-8-12;1-7(11)9(10)8-5-3-2-4-6-8;1-4(2)5(3)6;/h4-8,13H,9H2,1-3H3;2-6,9H,1H3;1H2,2-3H3;1H4. The van der Waals surface area contributed by atoms with Crippen molar-refractivity contribution in [2.75, 3.05) is 0 Å². The zero-order chi connectivity index (χ0) is 26.5. The van der Waals surface area contributed by atoms with Crippen molar-refractivity contribution in [3.05, 3.63) is 83.9 Å². The Bertz CT molecular complexity index is 955. The van der Waals surface area contributed by atoms with Gasteiger partial charge in [0.25, 0.3) is 0 Å². The van der Waals surface area contributed by atoms with Crippen LogP contribution in [0.3, 0.4) is 0 Å². The first-order valence-corrected chi connectivity index (χ1v) is 12.5. The smallest absolute Gasteiger partial charge is 0.154 e. The molecule has 0 fully saturated rings. The van der Waals surface area contributed by atoms with Crippen LogP contribution in [0.25, 0.3) is 0 Å². The minimum absolute atomic E-state index is 0. The lowest BCUT2D eigenvalue weighted by atomic mass is 9.85. The topological polar surface area (TPSA) is 68.3 Å². The van der Waals surface area contributed by atoms with Gasteiger partial charge < -0.3 is 0 Å². The summed E-state index contributed by atoms with van der Waals surface area (Å²) in [5.41, 5.74) is 2.60. The molecular weight excluding hydrogens is 572 g/mol. The average Bonchev–Trinajstić information content (AvgIpc) is 2.78. The molecule has 0 aliphatic heterocycles. The Hall–Kier alpha value is -2.18. The van der Waals surface area contributed by atoms with Crippen LogP contribution in [0.1, 0.15) is 77.3 Å². The van der Waals surface area contributed by atoms with E-state index in [0.29, 0.717) is 12.0 Å². The van der Waals surface area contributed by atoms with Gasteiger partial charge in [-0.3, -0.25) is 19.2 Å². The number of alkyl halides is 2. The molecule has 0 saturated carbocycles. The molecule has 3 atom stereocenters. The second-order valence-electron chi connectivity index (χ2n) is 8.25. The van der Waals surface area contributed by atoms with Gasteiger partial charge in [0.1, 0.15) is 17.3 Å². The molecule has 0 heterocycles. The summed E-state index contributed by atoms with van der Waals surface area (Å²) in [5.74, 6) is 0.0958. The Kier molecular flexibility index (Phi) is 17.3. The van der Waals surface area contributed by atoms with Crippen LogP contribution in [-0.2, 0) is 19.2 Å². The molecule has 0 amide bonds. The third-order valence-electron chi connectivity index (χ3n) is 5.06. The van der Waals surface area contributed by atoms with E-state index in [9.17, 15) is 19.2 Å². The molecule has 6 heteroatoms. The Labute approximate surface area is 227 Å². The van der Waals surface area contributed by atoms with Gasteiger partial charge in [-0.25, -0.2) is 0 Å². The highest BCUT2D eigenvalue weighted by atomic mass is 79.9. The van der Waals surface area contributed by atoms with Gasteiger partial charge in [-0.1, -0.05) is 107 Å². The van der Waals surface area contributed by atoms with Crippen LogP contribution in [0, 0.1) is 0 Å². The molecule has 4 nitrogen and oxygen atoms in total. The predicted molar refractivity (Wildman–Crippen MR) is 154 cm³/mol. The SMILES string of the molecule is C.C=C(C)C(C)=O.CC(=O)C(Br)c1ccccc1.CC(=O)C(CC(C)(Br)C(C)=O)c1ccccc1. The van der Waals surface area contributed by atoms with E-state index in [1.807, 2.05) is 67.6 Å². The molecule has 35 heavy (non-hydrogen) atoms. The fraction of sp³-hybridized carbons (Fsp3) is 0.379. The van der Waals surface area contributed by atoms with E-state index in [1.165, 1.54) is 13.8 Å². The summed E-state index contributed by atoms with van der Waals surface area (Å²) in [4.78, 5) is 44.0. The number of benzene rings is 2. The molecule has 0 saturated heterocycles. The van der Waals surface area contributed by atoms with Crippen LogP contribution in [0.5, 0.6) is 0 Å². The number of allylic oxidation sites excluding steroid dienone is 1. The van der Waals surface area contributed by atoms with E-state index in [2.05, 4.69) is 38.4 Å². The number of carbonyl (C=O) groups excluding carboxylic acids is 4. The fourth-order valence-corrected chi connectivity index (χ4v) is 3.19. The summed E-state index contributed by atoms with van der Waals surface area (Å²) in [6, 6.07) is 19.2. The number of carbonyl (C=O) groups is 4. The molecule has 192 valence electrons. The number of hydrogen-bond acceptors (Lipinski definition) is 4. The fourth-order valence-electron chi connectivity index (χ4n) is 2.57.